The highest BCUT2D eigenvalue weighted by atomic mass is 16.5. The molecule has 0 bridgehead atoms. The molecule has 0 aromatic heterocycles. The van der Waals surface area contributed by atoms with Gasteiger partial charge in [0.1, 0.15) is 5.75 Å². The van der Waals surface area contributed by atoms with Crippen molar-refractivity contribution in [1.82, 2.24) is 0 Å². The first-order chi connectivity index (χ1) is 8.20. The van der Waals surface area contributed by atoms with E-state index in [1.807, 2.05) is 6.07 Å². The van der Waals surface area contributed by atoms with E-state index in [0.717, 1.165) is 18.2 Å². The van der Waals surface area contributed by atoms with Crippen molar-refractivity contribution >= 4 is 0 Å². The second kappa shape index (κ2) is 5.09. The van der Waals surface area contributed by atoms with Crippen molar-refractivity contribution in [1.29, 1.82) is 0 Å². The number of benzene rings is 1. The Bertz CT molecular complexity index is 367. The molecule has 0 aliphatic heterocycles. The monoisotopic (exact) mass is 233 g/mol. The van der Waals surface area contributed by atoms with E-state index in [1.165, 1.54) is 31.2 Å². The number of nitrogens with two attached hydrogens (primary N) is 1. The average Bonchev–Trinajstić information content (AvgIpc) is 2.40. The Labute approximate surface area is 104 Å². The van der Waals surface area contributed by atoms with E-state index in [9.17, 15) is 0 Å². The Morgan fingerprint density at radius 2 is 2.06 bits per heavy atom. The van der Waals surface area contributed by atoms with Crippen molar-refractivity contribution in [2.75, 3.05) is 13.7 Å². The van der Waals surface area contributed by atoms with Crippen LogP contribution in [0.15, 0.2) is 24.3 Å². The van der Waals surface area contributed by atoms with E-state index in [-0.39, 0.29) is 5.41 Å². The fraction of sp³-hybridized carbons (Fsp3) is 0.600. The fourth-order valence-corrected chi connectivity index (χ4v) is 2.88. The van der Waals surface area contributed by atoms with Gasteiger partial charge in [0.05, 0.1) is 7.11 Å². The van der Waals surface area contributed by atoms with Crippen molar-refractivity contribution in [2.45, 2.75) is 38.0 Å². The molecule has 0 atom stereocenters. The maximum absolute atomic E-state index is 6.07. The number of ether oxygens (including phenoxy) is 1. The molecule has 2 nitrogen and oxygen atoms in total. The van der Waals surface area contributed by atoms with E-state index >= 15 is 0 Å². The standard InChI is InChI=1S/C15H23NO/c1-12-6-8-15(11-16,9-7-12)13-4-3-5-14(10-13)17-2/h3-5,10,12H,6-9,11,16H2,1-2H3. The van der Waals surface area contributed by atoms with Crippen LogP contribution in [0.2, 0.25) is 0 Å². The Morgan fingerprint density at radius 1 is 1.35 bits per heavy atom. The lowest BCUT2D eigenvalue weighted by molar-refractivity contribution is 0.247. The third-order valence-corrected chi connectivity index (χ3v) is 4.30. The maximum atomic E-state index is 6.07. The molecule has 0 radical (unpaired) electrons. The molecule has 1 fully saturated rings. The average molecular weight is 233 g/mol. The zero-order valence-corrected chi connectivity index (χ0v) is 10.9. The van der Waals surface area contributed by atoms with Gasteiger partial charge in [0, 0.05) is 12.0 Å². The normalized spacial score (nSPS) is 29.0. The number of hydrogen-bond donors (Lipinski definition) is 1. The maximum Gasteiger partial charge on any atom is 0.119 e. The Hall–Kier alpha value is -1.02. The summed E-state index contributed by atoms with van der Waals surface area (Å²) in [5, 5.41) is 0. The summed E-state index contributed by atoms with van der Waals surface area (Å²) < 4.78 is 5.32. The number of hydrogen-bond acceptors (Lipinski definition) is 2. The van der Waals surface area contributed by atoms with E-state index in [1.54, 1.807) is 7.11 Å². The van der Waals surface area contributed by atoms with Crippen LogP contribution in [0.4, 0.5) is 0 Å². The van der Waals surface area contributed by atoms with Crippen LogP contribution in [-0.4, -0.2) is 13.7 Å². The lowest BCUT2D eigenvalue weighted by Gasteiger charge is -2.39. The second-order valence-corrected chi connectivity index (χ2v) is 5.40. The smallest absolute Gasteiger partial charge is 0.119 e. The zero-order chi connectivity index (χ0) is 12.3. The highest BCUT2D eigenvalue weighted by molar-refractivity contribution is 5.34. The molecule has 1 aromatic carbocycles. The summed E-state index contributed by atoms with van der Waals surface area (Å²) in [5.41, 5.74) is 7.60. The van der Waals surface area contributed by atoms with Gasteiger partial charge in [-0.1, -0.05) is 19.1 Å². The molecule has 2 rings (SSSR count). The Morgan fingerprint density at radius 3 is 2.65 bits per heavy atom. The van der Waals surface area contributed by atoms with Gasteiger partial charge in [0.15, 0.2) is 0 Å². The fourth-order valence-electron chi connectivity index (χ4n) is 2.88. The summed E-state index contributed by atoms with van der Waals surface area (Å²) >= 11 is 0. The Balaban J connectivity index is 2.27. The highest BCUT2D eigenvalue weighted by Crippen LogP contribution is 2.41. The van der Waals surface area contributed by atoms with Gasteiger partial charge in [0.2, 0.25) is 0 Å². The van der Waals surface area contributed by atoms with Crippen LogP contribution in [0, 0.1) is 5.92 Å². The third-order valence-electron chi connectivity index (χ3n) is 4.30. The van der Waals surface area contributed by atoms with Gasteiger partial charge >= 0.3 is 0 Å². The lowest BCUT2D eigenvalue weighted by Crippen LogP contribution is -2.38. The van der Waals surface area contributed by atoms with Crippen molar-refractivity contribution in [3.63, 3.8) is 0 Å². The summed E-state index contributed by atoms with van der Waals surface area (Å²) in [6.07, 6.45) is 4.98. The molecule has 2 heteroatoms. The first kappa shape index (κ1) is 12.4. The molecule has 1 aliphatic carbocycles. The van der Waals surface area contributed by atoms with Gasteiger partial charge in [-0.05, 0) is 49.3 Å². The largest absolute Gasteiger partial charge is 0.497 e. The predicted molar refractivity (Wildman–Crippen MR) is 71.4 cm³/mol. The molecule has 1 saturated carbocycles. The molecule has 94 valence electrons. The molecule has 0 heterocycles. The minimum Gasteiger partial charge on any atom is -0.497 e. The zero-order valence-electron chi connectivity index (χ0n) is 10.9. The van der Waals surface area contributed by atoms with E-state index in [0.29, 0.717) is 0 Å². The van der Waals surface area contributed by atoms with Crippen LogP contribution in [-0.2, 0) is 5.41 Å². The van der Waals surface area contributed by atoms with E-state index < -0.39 is 0 Å². The topological polar surface area (TPSA) is 35.2 Å². The number of rotatable bonds is 3. The molecule has 2 N–H and O–H groups in total. The van der Waals surface area contributed by atoms with Gasteiger partial charge in [0.25, 0.3) is 0 Å². The van der Waals surface area contributed by atoms with Crippen LogP contribution < -0.4 is 10.5 Å². The first-order valence-electron chi connectivity index (χ1n) is 6.55. The molecule has 0 unspecified atom stereocenters. The van der Waals surface area contributed by atoms with Crippen LogP contribution >= 0.6 is 0 Å². The lowest BCUT2D eigenvalue weighted by atomic mass is 9.67. The van der Waals surface area contributed by atoms with Crippen LogP contribution in [0.5, 0.6) is 5.75 Å². The van der Waals surface area contributed by atoms with Crippen molar-refractivity contribution in [3.8, 4) is 5.75 Å². The molecule has 0 saturated heterocycles. The summed E-state index contributed by atoms with van der Waals surface area (Å²) in [5.74, 6) is 1.79. The minimum atomic E-state index is 0.182. The summed E-state index contributed by atoms with van der Waals surface area (Å²) in [6.45, 7) is 3.08. The Kier molecular flexibility index (Phi) is 3.72. The van der Waals surface area contributed by atoms with Crippen LogP contribution in [0.3, 0.4) is 0 Å². The molecule has 0 spiro atoms. The predicted octanol–water partition coefficient (Wildman–Crippen LogP) is 3.10. The van der Waals surface area contributed by atoms with Crippen molar-refractivity contribution < 1.29 is 4.74 Å². The molecule has 0 amide bonds. The summed E-state index contributed by atoms with van der Waals surface area (Å²) in [4.78, 5) is 0. The second-order valence-electron chi connectivity index (χ2n) is 5.40. The molecule has 1 aliphatic rings. The first-order valence-corrected chi connectivity index (χ1v) is 6.55. The van der Waals surface area contributed by atoms with Gasteiger partial charge in [-0.2, -0.15) is 0 Å². The SMILES string of the molecule is COc1cccc(C2(CN)CCC(C)CC2)c1. The van der Waals surface area contributed by atoms with E-state index in [2.05, 4.69) is 25.1 Å². The van der Waals surface area contributed by atoms with Gasteiger partial charge in [-0.15, -0.1) is 0 Å². The summed E-state index contributed by atoms with van der Waals surface area (Å²) in [6, 6.07) is 8.43. The van der Waals surface area contributed by atoms with Gasteiger partial charge in [-0.3, -0.25) is 0 Å². The minimum absolute atomic E-state index is 0.182. The van der Waals surface area contributed by atoms with E-state index in [4.69, 9.17) is 10.5 Å². The van der Waals surface area contributed by atoms with Crippen LogP contribution in [0.25, 0.3) is 0 Å². The molecule has 17 heavy (non-hydrogen) atoms. The van der Waals surface area contributed by atoms with Crippen molar-refractivity contribution in [3.05, 3.63) is 29.8 Å². The van der Waals surface area contributed by atoms with Crippen LogP contribution in [0.1, 0.15) is 38.2 Å². The molecular weight excluding hydrogens is 210 g/mol. The van der Waals surface area contributed by atoms with Crippen molar-refractivity contribution in [2.24, 2.45) is 11.7 Å². The number of methoxy groups -OCH3 is 1. The quantitative estimate of drug-likeness (QED) is 0.870. The van der Waals surface area contributed by atoms with Gasteiger partial charge < -0.3 is 10.5 Å². The highest BCUT2D eigenvalue weighted by Gasteiger charge is 2.34. The molecular formula is C15H23NO. The van der Waals surface area contributed by atoms with Gasteiger partial charge in [-0.25, -0.2) is 0 Å². The molecule has 1 aromatic rings. The summed E-state index contributed by atoms with van der Waals surface area (Å²) in [7, 11) is 1.72. The third kappa shape index (κ3) is 2.47.